The van der Waals surface area contributed by atoms with Crippen LogP contribution in [0.3, 0.4) is 0 Å². The molecule has 1 aromatic carbocycles. The molecular weight excluding hydrogens is 280 g/mol. The Morgan fingerprint density at radius 2 is 1.95 bits per heavy atom. The molecule has 0 fully saturated rings. The molecule has 0 amide bonds. The molecule has 3 rings (SSSR count). The van der Waals surface area contributed by atoms with Gasteiger partial charge in [-0.2, -0.15) is 0 Å². The second-order valence-corrected chi connectivity index (χ2v) is 6.13. The fourth-order valence-corrected chi connectivity index (χ4v) is 3.54. The third-order valence-electron chi connectivity index (χ3n) is 3.65. The molecule has 108 valence electrons. The van der Waals surface area contributed by atoms with Gasteiger partial charge in [0.15, 0.2) is 0 Å². The number of hydrogen-bond acceptors (Lipinski definition) is 5. The van der Waals surface area contributed by atoms with Gasteiger partial charge in [-0.25, -0.2) is 0 Å². The van der Waals surface area contributed by atoms with Crippen LogP contribution in [0.5, 0.6) is 0 Å². The maximum absolute atomic E-state index is 4.39. The smallest absolute Gasteiger partial charge is 0.0832 e. The predicted molar refractivity (Wildman–Crippen MR) is 86.6 cm³/mol. The minimum Gasteiger partial charge on any atom is -0.308 e. The number of nitrogens with zero attached hydrogens (tertiary/aromatic N) is 3. The molecule has 0 aliphatic heterocycles. The zero-order valence-corrected chi connectivity index (χ0v) is 13.2. The fourth-order valence-electron chi connectivity index (χ4n) is 2.60. The highest BCUT2D eigenvalue weighted by Gasteiger charge is 2.23. The van der Waals surface area contributed by atoms with E-state index in [4.69, 9.17) is 0 Å². The monoisotopic (exact) mass is 298 g/mol. The Hall–Kier alpha value is -1.85. The Balaban J connectivity index is 2.17. The van der Waals surface area contributed by atoms with Crippen LogP contribution in [0.2, 0.25) is 0 Å². The lowest BCUT2D eigenvalue weighted by Gasteiger charge is -2.18. The molecule has 1 atom stereocenters. The highest BCUT2D eigenvalue weighted by Crippen LogP contribution is 2.33. The van der Waals surface area contributed by atoms with Crippen molar-refractivity contribution in [1.29, 1.82) is 0 Å². The maximum atomic E-state index is 4.39. The zero-order chi connectivity index (χ0) is 14.8. The maximum Gasteiger partial charge on any atom is 0.0832 e. The highest BCUT2D eigenvalue weighted by atomic mass is 32.1. The zero-order valence-electron chi connectivity index (χ0n) is 12.4. The van der Waals surface area contributed by atoms with E-state index < -0.39 is 0 Å². The summed E-state index contributed by atoms with van der Waals surface area (Å²) in [5.74, 6) is 0.359. The number of pyridine rings is 1. The van der Waals surface area contributed by atoms with Crippen LogP contribution in [0.1, 0.15) is 41.9 Å². The van der Waals surface area contributed by atoms with Gasteiger partial charge in [0.05, 0.1) is 16.6 Å². The van der Waals surface area contributed by atoms with Crippen LogP contribution in [-0.2, 0) is 0 Å². The van der Waals surface area contributed by atoms with Crippen LogP contribution in [-0.4, -0.2) is 21.6 Å². The summed E-state index contributed by atoms with van der Waals surface area (Å²) in [4.78, 5) is 5.56. The highest BCUT2D eigenvalue weighted by molar-refractivity contribution is 7.05. The lowest BCUT2D eigenvalue weighted by Crippen LogP contribution is -2.19. The number of benzene rings is 1. The summed E-state index contributed by atoms with van der Waals surface area (Å²) in [6, 6.07) is 8.40. The lowest BCUT2D eigenvalue weighted by molar-refractivity contribution is 0.681. The van der Waals surface area contributed by atoms with Gasteiger partial charge in [-0.05, 0) is 29.9 Å². The summed E-state index contributed by atoms with van der Waals surface area (Å²) in [7, 11) is 1.97. The van der Waals surface area contributed by atoms with Crippen molar-refractivity contribution in [2.75, 3.05) is 7.05 Å². The topological polar surface area (TPSA) is 50.7 Å². The van der Waals surface area contributed by atoms with Gasteiger partial charge in [-0.1, -0.05) is 42.6 Å². The van der Waals surface area contributed by atoms with Crippen LogP contribution in [0.15, 0.2) is 36.7 Å². The molecule has 1 unspecified atom stereocenters. The van der Waals surface area contributed by atoms with Gasteiger partial charge in [-0.3, -0.25) is 4.98 Å². The molecule has 5 heteroatoms. The van der Waals surface area contributed by atoms with Crippen LogP contribution in [0, 0.1) is 0 Å². The van der Waals surface area contributed by atoms with E-state index >= 15 is 0 Å². The minimum absolute atomic E-state index is 0.0704. The molecule has 2 aromatic heterocycles. The summed E-state index contributed by atoms with van der Waals surface area (Å²) in [5, 5.41) is 10.1. The summed E-state index contributed by atoms with van der Waals surface area (Å²) < 4.78 is 4.15. The molecule has 3 aromatic rings. The Morgan fingerprint density at radius 3 is 2.71 bits per heavy atom. The number of fused-ring (bicyclic) bond motifs is 1. The van der Waals surface area contributed by atoms with E-state index in [1.165, 1.54) is 27.4 Å². The molecule has 0 radical (unpaired) electrons. The largest absolute Gasteiger partial charge is 0.308 e. The number of hydrogen-bond donors (Lipinski definition) is 1. The first-order chi connectivity index (χ1) is 10.2. The van der Waals surface area contributed by atoms with Crippen molar-refractivity contribution in [1.82, 2.24) is 19.9 Å². The van der Waals surface area contributed by atoms with Gasteiger partial charge >= 0.3 is 0 Å². The van der Waals surface area contributed by atoms with E-state index in [-0.39, 0.29) is 6.04 Å². The normalized spacial score (nSPS) is 13.0. The van der Waals surface area contributed by atoms with Crippen molar-refractivity contribution in [3.8, 4) is 0 Å². The van der Waals surface area contributed by atoms with Gasteiger partial charge in [0.25, 0.3) is 0 Å². The van der Waals surface area contributed by atoms with Crippen LogP contribution in [0.4, 0.5) is 0 Å². The summed E-state index contributed by atoms with van der Waals surface area (Å²) in [6.45, 7) is 4.29. The second kappa shape index (κ2) is 5.87. The number of aromatic nitrogens is 3. The molecule has 4 nitrogen and oxygen atoms in total. The van der Waals surface area contributed by atoms with E-state index in [1.807, 2.05) is 25.5 Å². The van der Waals surface area contributed by atoms with E-state index in [1.54, 1.807) is 0 Å². The van der Waals surface area contributed by atoms with Crippen molar-refractivity contribution < 1.29 is 0 Å². The summed E-state index contributed by atoms with van der Waals surface area (Å²) in [5.41, 5.74) is 2.23. The number of rotatable bonds is 4. The molecule has 2 heterocycles. The lowest BCUT2D eigenvalue weighted by atomic mass is 9.97. The Morgan fingerprint density at radius 1 is 1.14 bits per heavy atom. The summed E-state index contributed by atoms with van der Waals surface area (Å²) in [6.07, 6.45) is 3.84. The third kappa shape index (κ3) is 2.54. The predicted octanol–water partition coefficient (Wildman–Crippen LogP) is 3.52. The minimum atomic E-state index is 0.0704. The van der Waals surface area contributed by atoms with E-state index in [0.717, 1.165) is 11.1 Å². The first kappa shape index (κ1) is 14.1. The van der Waals surface area contributed by atoms with Gasteiger partial charge < -0.3 is 5.32 Å². The molecule has 0 saturated carbocycles. The molecular formula is C16H18N4S. The molecule has 0 aliphatic rings. The molecule has 0 spiro atoms. The Kier molecular flexibility index (Phi) is 3.94. The standard InChI is InChI=1S/C16H18N4S/c1-10(2)14-16(21-20-19-14)15(17-3)13-9-18-8-11-6-4-5-7-12(11)13/h4-10,15,17H,1-3H3. The van der Waals surface area contributed by atoms with E-state index in [2.05, 4.69) is 51.9 Å². The van der Waals surface area contributed by atoms with Crippen molar-refractivity contribution in [2.24, 2.45) is 0 Å². The first-order valence-corrected chi connectivity index (χ1v) is 7.81. The SMILES string of the molecule is CNC(c1snnc1C(C)C)c1cncc2ccccc12. The van der Waals surface area contributed by atoms with Crippen molar-refractivity contribution >= 4 is 22.3 Å². The molecule has 0 aliphatic carbocycles. The van der Waals surface area contributed by atoms with Crippen LogP contribution in [0.25, 0.3) is 10.8 Å². The van der Waals surface area contributed by atoms with Crippen LogP contribution >= 0.6 is 11.5 Å². The quantitative estimate of drug-likeness (QED) is 0.800. The number of nitrogens with one attached hydrogen (secondary N) is 1. The van der Waals surface area contributed by atoms with E-state index in [9.17, 15) is 0 Å². The van der Waals surface area contributed by atoms with Crippen LogP contribution < -0.4 is 5.32 Å². The van der Waals surface area contributed by atoms with E-state index in [0.29, 0.717) is 5.92 Å². The van der Waals surface area contributed by atoms with Crippen molar-refractivity contribution in [3.63, 3.8) is 0 Å². The second-order valence-electron chi connectivity index (χ2n) is 5.35. The van der Waals surface area contributed by atoms with Gasteiger partial charge in [-0.15, -0.1) is 5.10 Å². The van der Waals surface area contributed by atoms with Gasteiger partial charge in [0.2, 0.25) is 0 Å². The van der Waals surface area contributed by atoms with Crippen molar-refractivity contribution in [3.05, 3.63) is 52.8 Å². The average molecular weight is 298 g/mol. The van der Waals surface area contributed by atoms with Crippen molar-refractivity contribution in [2.45, 2.75) is 25.8 Å². The molecule has 21 heavy (non-hydrogen) atoms. The average Bonchev–Trinajstić information content (AvgIpc) is 2.98. The summed E-state index contributed by atoms with van der Waals surface area (Å²) >= 11 is 1.46. The van der Waals surface area contributed by atoms with Gasteiger partial charge in [0.1, 0.15) is 0 Å². The van der Waals surface area contributed by atoms with Gasteiger partial charge in [0, 0.05) is 23.3 Å². The first-order valence-electron chi connectivity index (χ1n) is 7.04. The third-order valence-corrected chi connectivity index (χ3v) is 4.45. The molecule has 0 saturated heterocycles. The Bertz CT molecular complexity index is 745. The Labute approximate surface area is 128 Å². The fraction of sp³-hybridized carbons (Fsp3) is 0.312. The molecule has 0 bridgehead atoms. The molecule has 1 N–H and O–H groups in total.